The predicted octanol–water partition coefficient (Wildman–Crippen LogP) is 1.01. The van der Waals surface area contributed by atoms with E-state index in [4.69, 9.17) is 0 Å². The van der Waals surface area contributed by atoms with Gasteiger partial charge in [-0.3, -0.25) is 9.78 Å². The van der Waals surface area contributed by atoms with Crippen LogP contribution in [0.4, 0.5) is 11.4 Å². The van der Waals surface area contributed by atoms with Gasteiger partial charge in [0.2, 0.25) is 5.91 Å². The first-order chi connectivity index (χ1) is 7.54. The smallest absolute Gasteiger partial charge is 0.244 e. The van der Waals surface area contributed by atoms with Crippen molar-refractivity contribution in [2.24, 2.45) is 0 Å². The van der Waals surface area contributed by atoms with Gasteiger partial charge in [-0.15, -0.1) is 0 Å². The number of aromatic nitrogens is 1. The molecule has 1 aromatic heterocycles. The van der Waals surface area contributed by atoms with Gasteiger partial charge in [-0.25, -0.2) is 0 Å². The van der Waals surface area contributed by atoms with Crippen LogP contribution >= 0.6 is 0 Å². The number of likely N-dealkylation sites (N-methyl/N-ethyl adjacent to an activating group) is 1. The summed E-state index contributed by atoms with van der Waals surface area (Å²) >= 11 is 0. The van der Waals surface area contributed by atoms with Crippen LogP contribution in [-0.2, 0) is 4.79 Å². The van der Waals surface area contributed by atoms with Gasteiger partial charge >= 0.3 is 0 Å². The first kappa shape index (κ1) is 12.3. The average molecular weight is 222 g/mol. The van der Waals surface area contributed by atoms with E-state index in [1.54, 1.807) is 31.4 Å². The highest BCUT2D eigenvalue weighted by Crippen LogP contribution is 2.13. The van der Waals surface area contributed by atoms with E-state index in [1.165, 1.54) is 0 Å². The fraction of sp³-hybridized carbons (Fsp3) is 0.455. The largest absolute Gasteiger partial charge is 0.387 e. The molecule has 2 N–H and O–H groups in total. The van der Waals surface area contributed by atoms with Crippen LogP contribution in [0.1, 0.15) is 6.92 Å². The van der Waals surface area contributed by atoms with Crippen molar-refractivity contribution in [2.45, 2.75) is 13.0 Å². The minimum atomic E-state index is -0.260. The number of nitrogens with zero attached hydrogens (tertiary/aromatic N) is 2. The van der Waals surface area contributed by atoms with Crippen LogP contribution in [0.2, 0.25) is 0 Å². The van der Waals surface area contributed by atoms with Crippen molar-refractivity contribution in [3.63, 3.8) is 0 Å². The Morgan fingerprint density at radius 3 is 2.56 bits per heavy atom. The Morgan fingerprint density at radius 1 is 1.38 bits per heavy atom. The Morgan fingerprint density at radius 2 is 2.00 bits per heavy atom. The fourth-order valence-corrected chi connectivity index (χ4v) is 1.35. The van der Waals surface area contributed by atoms with Gasteiger partial charge in [-0.05, 0) is 13.0 Å². The highest BCUT2D eigenvalue weighted by molar-refractivity contribution is 5.83. The van der Waals surface area contributed by atoms with Gasteiger partial charge in [0, 0.05) is 21.1 Å². The van der Waals surface area contributed by atoms with Gasteiger partial charge in [0.25, 0.3) is 0 Å². The molecule has 0 saturated carbocycles. The van der Waals surface area contributed by atoms with Crippen molar-refractivity contribution in [1.82, 2.24) is 9.88 Å². The second-order valence-corrected chi connectivity index (χ2v) is 3.81. The predicted molar refractivity (Wildman–Crippen MR) is 65.6 cm³/mol. The van der Waals surface area contributed by atoms with E-state index in [2.05, 4.69) is 15.6 Å². The zero-order valence-corrected chi connectivity index (χ0v) is 10.1. The van der Waals surface area contributed by atoms with E-state index in [0.717, 1.165) is 11.4 Å². The van der Waals surface area contributed by atoms with E-state index in [-0.39, 0.29) is 11.9 Å². The van der Waals surface area contributed by atoms with Crippen molar-refractivity contribution in [1.29, 1.82) is 0 Å². The van der Waals surface area contributed by atoms with Gasteiger partial charge in [0.1, 0.15) is 6.04 Å². The Kier molecular flexibility index (Phi) is 4.10. The molecule has 1 atom stereocenters. The zero-order chi connectivity index (χ0) is 12.1. The number of carbonyl (C=O) groups excluding carboxylic acids is 1. The highest BCUT2D eigenvalue weighted by Gasteiger charge is 2.14. The first-order valence-electron chi connectivity index (χ1n) is 5.15. The molecule has 16 heavy (non-hydrogen) atoms. The van der Waals surface area contributed by atoms with Crippen LogP contribution in [-0.4, -0.2) is 43.0 Å². The fourth-order valence-electron chi connectivity index (χ4n) is 1.35. The molecule has 5 nitrogen and oxygen atoms in total. The molecule has 0 saturated heterocycles. The molecule has 5 heteroatoms. The lowest BCUT2D eigenvalue weighted by Crippen LogP contribution is -2.36. The van der Waals surface area contributed by atoms with Gasteiger partial charge in [0.05, 0.1) is 23.8 Å². The van der Waals surface area contributed by atoms with E-state index >= 15 is 0 Å². The molecular formula is C11H18N4O. The second-order valence-electron chi connectivity index (χ2n) is 3.81. The van der Waals surface area contributed by atoms with Crippen molar-refractivity contribution in [3.8, 4) is 0 Å². The molecule has 1 rings (SSSR count). The summed E-state index contributed by atoms with van der Waals surface area (Å²) in [5.41, 5.74) is 1.74. The SMILES string of the molecule is CNc1cncc(NC(C)C(=O)N(C)C)c1. The summed E-state index contributed by atoms with van der Waals surface area (Å²) in [7, 11) is 5.31. The maximum atomic E-state index is 11.6. The summed E-state index contributed by atoms with van der Waals surface area (Å²) in [4.78, 5) is 17.3. The Balaban J connectivity index is 2.69. The summed E-state index contributed by atoms with van der Waals surface area (Å²) in [6, 6.07) is 1.65. The number of amides is 1. The van der Waals surface area contributed by atoms with E-state index < -0.39 is 0 Å². The molecule has 0 fully saturated rings. The molecule has 0 aliphatic carbocycles. The minimum absolute atomic E-state index is 0.0369. The van der Waals surface area contributed by atoms with Crippen LogP contribution in [0, 0.1) is 0 Å². The first-order valence-corrected chi connectivity index (χ1v) is 5.15. The van der Waals surface area contributed by atoms with E-state index in [1.807, 2.05) is 20.0 Å². The highest BCUT2D eigenvalue weighted by atomic mass is 16.2. The molecule has 0 bridgehead atoms. The number of hydrogen-bond acceptors (Lipinski definition) is 4. The van der Waals surface area contributed by atoms with Crippen LogP contribution in [0.3, 0.4) is 0 Å². The molecule has 0 spiro atoms. The summed E-state index contributed by atoms with van der Waals surface area (Å²) < 4.78 is 0. The van der Waals surface area contributed by atoms with Crippen LogP contribution in [0.25, 0.3) is 0 Å². The second kappa shape index (κ2) is 5.34. The van der Waals surface area contributed by atoms with Crippen LogP contribution < -0.4 is 10.6 Å². The molecule has 0 radical (unpaired) electrons. The number of nitrogens with one attached hydrogen (secondary N) is 2. The normalized spacial score (nSPS) is 11.8. The Bertz CT molecular complexity index is 365. The summed E-state index contributed by atoms with van der Waals surface area (Å²) in [5, 5.41) is 6.10. The van der Waals surface area contributed by atoms with Crippen molar-refractivity contribution >= 4 is 17.3 Å². The lowest BCUT2D eigenvalue weighted by Gasteiger charge is -2.19. The maximum absolute atomic E-state index is 11.6. The number of pyridine rings is 1. The van der Waals surface area contributed by atoms with Crippen molar-refractivity contribution in [2.75, 3.05) is 31.8 Å². The van der Waals surface area contributed by atoms with Gasteiger partial charge in [-0.1, -0.05) is 0 Å². The summed E-state index contributed by atoms with van der Waals surface area (Å²) in [6.07, 6.45) is 3.42. The molecule has 1 aromatic rings. The quantitative estimate of drug-likeness (QED) is 0.798. The Hall–Kier alpha value is -1.78. The van der Waals surface area contributed by atoms with Crippen molar-refractivity contribution < 1.29 is 4.79 Å². The molecule has 0 aromatic carbocycles. The standard InChI is InChI=1S/C11H18N4O/c1-8(11(16)15(3)4)14-10-5-9(12-2)6-13-7-10/h5-8,12,14H,1-4H3. The van der Waals surface area contributed by atoms with E-state index in [9.17, 15) is 4.79 Å². The molecule has 0 aliphatic rings. The third-order valence-corrected chi connectivity index (χ3v) is 2.22. The molecule has 0 aliphatic heterocycles. The molecule has 1 unspecified atom stereocenters. The Labute approximate surface area is 95.9 Å². The number of hydrogen-bond donors (Lipinski definition) is 2. The molecule has 1 amide bonds. The van der Waals surface area contributed by atoms with Gasteiger partial charge in [0.15, 0.2) is 0 Å². The third kappa shape index (κ3) is 3.12. The van der Waals surface area contributed by atoms with E-state index in [0.29, 0.717) is 0 Å². The van der Waals surface area contributed by atoms with Gasteiger partial charge < -0.3 is 15.5 Å². The molecular weight excluding hydrogens is 204 g/mol. The number of anilines is 2. The third-order valence-electron chi connectivity index (χ3n) is 2.22. The maximum Gasteiger partial charge on any atom is 0.244 e. The lowest BCUT2D eigenvalue weighted by molar-refractivity contribution is -0.129. The lowest BCUT2D eigenvalue weighted by atomic mass is 10.2. The summed E-state index contributed by atoms with van der Waals surface area (Å²) in [6.45, 7) is 1.83. The summed E-state index contributed by atoms with van der Waals surface area (Å²) in [5.74, 6) is 0.0369. The van der Waals surface area contributed by atoms with Gasteiger partial charge in [-0.2, -0.15) is 0 Å². The van der Waals surface area contributed by atoms with Crippen LogP contribution in [0.5, 0.6) is 0 Å². The number of carbonyl (C=O) groups is 1. The molecule has 88 valence electrons. The van der Waals surface area contributed by atoms with Crippen molar-refractivity contribution in [3.05, 3.63) is 18.5 Å². The number of rotatable bonds is 4. The molecule has 1 heterocycles. The van der Waals surface area contributed by atoms with Crippen LogP contribution in [0.15, 0.2) is 18.5 Å². The zero-order valence-electron chi connectivity index (χ0n) is 10.1. The minimum Gasteiger partial charge on any atom is -0.387 e. The topological polar surface area (TPSA) is 57.3 Å². The monoisotopic (exact) mass is 222 g/mol. The average Bonchev–Trinajstić information content (AvgIpc) is 2.28.